The summed E-state index contributed by atoms with van der Waals surface area (Å²) < 4.78 is 25.0. The van der Waals surface area contributed by atoms with Crippen LogP contribution in [0.25, 0.3) is 0 Å². The fraction of sp³-hybridized carbons (Fsp3) is 0.529. The van der Waals surface area contributed by atoms with Crippen LogP contribution in [0.2, 0.25) is 5.02 Å². The molecular formula is C17H23ClFN3O4. The van der Waals surface area contributed by atoms with Gasteiger partial charge in [-0.3, -0.25) is 0 Å². The summed E-state index contributed by atoms with van der Waals surface area (Å²) in [6.07, 6.45) is 0.296. The summed E-state index contributed by atoms with van der Waals surface area (Å²) in [4.78, 5) is 24.1. The second-order valence-corrected chi connectivity index (χ2v) is 6.88. The Balaban J connectivity index is 2.25. The monoisotopic (exact) mass is 387 g/mol. The fourth-order valence-electron chi connectivity index (χ4n) is 2.65. The first-order valence-corrected chi connectivity index (χ1v) is 8.78. The fourth-order valence-corrected chi connectivity index (χ4v) is 2.90. The van der Waals surface area contributed by atoms with Gasteiger partial charge in [0, 0.05) is 18.5 Å². The smallest absolute Gasteiger partial charge is 0.426 e. The number of anilines is 1. The zero-order chi connectivity index (χ0) is 19.5. The summed E-state index contributed by atoms with van der Waals surface area (Å²) in [5, 5.41) is 3.74. The molecular weight excluding hydrogens is 365 g/mol. The topological polar surface area (TPSA) is 79.9 Å². The van der Waals surface area contributed by atoms with Crippen molar-refractivity contribution in [2.45, 2.75) is 46.1 Å². The average Bonchev–Trinajstić information content (AvgIpc) is 2.87. The highest BCUT2D eigenvalue weighted by atomic mass is 35.5. The Morgan fingerprint density at radius 2 is 2.12 bits per heavy atom. The summed E-state index contributed by atoms with van der Waals surface area (Å²) in [6.45, 7) is 7.55. The van der Waals surface area contributed by atoms with E-state index in [2.05, 4.69) is 10.7 Å². The number of ether oxygens (including phenoxy) is 2. The van der Waals surface area contributed by atoms with E-state index in [-0.39, 0.29) is 29.6 Å². The van der Waals surface area contributed by atoms with Gasteiger partial charge in [-0.2, -0.15) is 0 Å². The Kier molecular flexibility index (Phi) is 6.17. The van der Waals surface area contributed by atoms with Crippen molar-refractivity contribution in [2.75, 3.05) is 18.5 Å². The number of carbonyl (C=O) groups excluding carboxylic acids is 2. The van der Waals surface area contributed by atoms with Crippen LogP contribution in [0, 0.1) is 5.82 Å². The van der Waals surface area contributed by atoms with Crippen LogP contribution in [-0.2, 0) is 11.2 Å². The minimum absolute atomic E-state index is 0.105. The van der Waals surface area contributed by atoms with Crippen LogP contribution in [0.15, 0.2) is 6.07 Å². The Morgan fingerprint density at radius 1 is 1.42 bits per heavy atom. The lowest BCUT2D eigenvalue weighted by molar-refractivity contribution is 0.119. The summed E-state index contributed by atoms with van der Waals surface area (Å²) in [5.41, 5.74) is 2.29. The number of urea groups is 1. The standard InChI is InChI=1S/C17H23ClFN3O4/c1-5-7-22(21-16(24)25-6-2)15(23)20-13-12(19)8-11(18)10-9-17(3,4)26-14(10)13/h8H,5-7,9H2,1-4H3,(H,20,23)(H,21,24). The van der Waals surface area contributed by atoms with E-state index >= 15 is 0 Å². The second-order valence-electron chi connectivity index (χ2n) is 6.48. The summed E-state index contributed by atoms with van der Waals surface area (Å²) in [6, 6.07) is 0.431. The first kappa shape index (κ1) is 20.1. The van der Waals surface area contributed by atoms with Crippen molar-refractivity contribution < 1.29 is 23.5 Å². The van der Waals surface area contributed by atoms with Crippen LogP contribution in [0.4, 0.5) is 19.7 Å². The first-order valence-electron chi connectivity index (χ1n) is 8.40. The van der Waals surface area contributed by atoms with E-state index < -0.39 is 23.5 Å². The van der Waals surface area contributed by atoms with Gasteiger partial charge in [0.1, 0.15) is 11.3 Å². The van der Waals surface area contributed by atoms with Gasteiger partial charge in [-0.05, 0) is 33.3 Å². The molecule has 1 aliphatic rings. The molecule has 3 amide bonds. The number of nitrogens with one attached hydrogen (secondary N) is 2. The van der Waals surface area contributed by atoms with Gasteiger partial charge in [-0.25, -0.2) is 24.4 Å². The highest BCUT2D eigenvalue weighted by Gasteiger charge is 2.36. The summed E-state index contributed by atoms with van der Waals surface area (Å²) in [7, 11) is 0. The molecule has 0 unspecified atom stereocenters. The van der Waals surface area contributed by atoms with Crippen molar-refractivity contribution in [3.8, 4) is 5.75 Å². The van der Waals surface area contributed by atoms with Gasteiger partial charge >= 0.3 is 12.1 Å². The van der Waals surface area contributed by atoms with Gasteiger partial charge in [0.05, 0.1) is 11.6 Å². The number of hydrogen-bond donors (Lipinski definition) is 2. The molecule has 26 heavy (non-hydrogen) atoms. The number of fused-ring (bicyclic) bond motifs is 1. The maximum absolute atomic E-state index is 14.4. The zero-order valence-electron chi connectivity index (χ0n) is 15.2. The Bertz CT molecular complexity index is 712. The third-order valence-corrected chi connectivity index (χ3v) is 4.03. The SMILES string of the molecule is CCCN(NC(=O)OCC)C(=O)Nc1c(F)cc(Cl)c2c1OC(C)(C)C2. The number of carbonyl (C=O) groups is 2. The van der Waals surface area contributed by atoms with Crippen LogP contribution < -0.4 is 15.5 Å². The largest absolute Gasteiger partial charge is 0.485 e. The molecule has 1 heterocycles. The molecule has 144 valence electrons. The van der Waals surface area contributed by atoms with Crippen molar-refractivity contribution in [1.82, 2.24) is 10.4 Å². The third kappa shape index (κ3) is 4.49. The molecule has 0 atom stereocenters. The lowest BCUT2D eigenvalue weighted by Gasteiger charge is -2.24. The van der Waals surface area contributed by atoms with Crippen LogP contribution in [0.1, 0.15) is 39.7 Å². The highest BCUT2D eigenvalue weighted by molar-refractivity contribution is 6.31. The molecule has 0 saturated carbocycles. The number of hydrogen-bond acceptors (Lipinski definition) is 4. The predicted molar refractivity (Wildman–Crippen MR) is 96.0 cm³/mol. The number of benzene rings is 1. The maximum Gasteiger partial charge on any atom is 0.426 e. The van der Waals surface area contributed by atoms with Crippen LogP contribution in [-0.4, -0.2) is 35.9 Å². The summed E-state index contributed by atoms with van der Waals surface area (Å²) >= 11 is 6.11. The molecule has 2 N–H and O–H groups in total. The van der Waals surface area contributed by atoms with Gasteiger partial charge in [-0.15, -0.1) is 0 Å². The van der Waals surface area contributed by atoms with E-state index in [4.69, 9.17) is 21.1 Å². The number of nitrogens with zero attached hydrogens (tertiary/aromatic N) is 1. The molecule has 0 aliphatic carbocycles. The molecule has 0 saturated heterocycles. The highest BCUT2D eigenvalue weighted by Crippen LogP contribution is 2.45. The van der Waals surface area contributed by atoms with E-state index in [0.29, 0.717) is 18.4 Å². The van der Waals surface area contributed by atoms with Crippen molar-refractivity contribution in [3.63, 3.8) is 0 Å². The molecule has 1 aromatic carbocycles. The van der Waals surface area contributed by atoms with Gasteiger partial charge in [-0.1, -0.05) is 18.5 Å². The minimum atomic E-state index is -0.768. The molecule has 9 heteroatoms. The average molecular weight is 388 g/mol. The molecule has 1 aromatic rings. The molecule has 0 aromatic heterocycles. The molecule has 0 bridgehead atoms. The van der Waals surface area contributed by atoms with Crippen LogP contribution >= 0.6 is 11.6 Å². The van der Waals surface area contributed by atoms with Gasteiger partial charge in [0.2, 0.25) is 0 Å². The number of hydrazine groups is 1. The second kappa shape index (κ2) is 7.99. The van der Waals surface area contributed by atoms with E-state index in [1.807, 2.05) is 20.8 Å². The van der Waals surface area contributed by atoms with Crippen LogP contribution in [0.3, 0.4) is 0 Å². The Morgan fingerprint density at radius 3 is 2.73 bits per heavy atom. The Hall–Kier alpha value is -2.22. The van der Waals surface area contributed by atoms with Gasteiger partial charge < -0.3 is 14.8 Å². The number of amides is 3. The van der Waals surface area contributed by atoms with Crippen molar-refractivity contribution in [1.29, 1.82) is 0 Å². The third-order valence-electron chi connectivity index (χ3n) is 3.69. The molecule has 2 rings (SSSR count). The first-order chi connectivity index (χ1) is 12.2. The minimum Gasteiger partial charge on any atom is -0.485 e. The molecule has 0 radical (unpaired) electrons. The number of halogens is 2. The van der Waals surface area contributed by atoms with E-state index in [1.165, 1.54) is 0 Å². The number of rotatable bonds is 4. The lowest BCUT2D eigenvalue weighted by Crippen LogP contribution is -2.48. The molecule has 0 spiro atoms. The van der Waals surface area contributed by atoms with Crippen molar-refractivity contribution >= 4 is 29.4 Å². The zero-order valence-corrected chi connectivity index (χ0v) is 16.0. The van der Waals surface area contributed by atoms with Crippen molar-refractivity contribution in [2.24, 2.45) is 0 Å². The van der Waals surface area contributed by atoms with Crippen LogP contribution in [0.5, 0.6) is 5.75 Å². The lowest BCUT2D eigenvalue weighted by atomic mass is 10.0. The van der Waals surface area contributed by atoms with Gasteiger partial charge in [0.15, 0.2) is 11.6 Å². The normalized spacial score (nSPS) is 14.2. The predicted octanol–water partition coefficient (Wildman–Crippen LogP) is 4.10. The molecule has 0 fully saturated rings. The molecule has 1 aliphatic heterocycles. The Labute approximate surface area is 156 Å². The molecule has 7 nitrogen and oxygen atoms in total. The quantitative estimate of drug-likeness (QED) is 0.762. The van der Waals surface area contributed by atoms with Crippen molar-refractivity contribution in [3.05, 3.63) is 22.5 Å². The van der Waals surface area contributed by atoms with E-state index in [9.17, 15) is 14.0 Å². The van der Waals surface area contributed by atoms with E-state index in [0.717, 1.165) is 11.1 Å². The van der Waals surface area contributed by atoms with Gasteiger partial charge in [0.25, 0.3) is 0 Å². The summed E-state index contributed by atoms with van der Waals surface area (Å²) in [5.74, 6) is -0.506. The maximum atomic E-state index is 14.4. The van der Waals surface area contributed by atoms with E-state index in [1.54, 1.807) is 6.92 Å².